The van der Waals surface area contributed by atoms with Gasteiger partial charge in [0, 0.05) is 32.2 Å². The van der Waals surface area contributed by atoms with Crippen LogP contribution in [0.2, 0.25) is 0 Å². The van der Waals surface area contributed by atoms with Gasteiger partial charge >= 0.3 is 0 Å². The lowest BCUT2D eigenvalue weighted by molar-refractivity contribution is 0.153. The fraction of sp³-hybridized carbons (Fsp3) is 0.625. The number of nitrogens with one attached hydrogen (secondary N) is 1. The van der Waals surface area contributed by atoms with Gasteiger partial charge in [0.2, 0.25) is 0 Å². The number of aryl methyl sites for hydroxylation is 1. The van der Waals surface area contributed by atoms with E-state index in [-0.39, 0.29) is 5.82 Å². The van der Waals surface area contributed by atoms with E-state index < -0.39 is 0 Å². The van der Waals surface area contributed by atoms with Crippen molar-refractivity contribution in [3.8, 4) is 0 Å². The molecule has 106 valence electrons. The number of nitrogens with zero attached hydrogens (tertiary/aromatic N) is 1. The van der Waals surface area contributed by atoms with E-state index >= 15 is 0 Å². The molecular weight excluding hydrogens is 239 g/mol. The molecule has 0 spiro atoms. The molecule has 1 atom stereocenters. The van der Waals surface area contributed by atoms with Gasteiger partial charge in [0.1, 0.15) is 5.82 Å². The van der Waals surface area contributed by atoms with Crippen LogP contribution < -0.4 is 5.32 Å². The summed E-state index contributed by atoms with van der Waals surface area (Å²) in [5.74, 6) is 0.509. The molecular formula is C16H25FN2. The van der Waals surface area contributed by atoms with Gasteiger partial charge in [-0.3, -0.25) is 4.90 Å². The van der Waals surface area contributed by atoms with Crippen LogP contribution in [0, 0.1) is 18.7 Å². The monoisotopic (exact) mass is 264 g/mol. The van der Waals surface area contributed by atoms with Gasteiger partial charge in [-0.1, -0.05) is 19.9 Å². The van der Waals surface area contributed by atoms with Gasteiger partial charge in [-0.25, -0.2) is 4.39 Å². The quantitative estimate of drug-likeness (QED) is 0.899. The van der Waals surface area contributed by atoms with E-state index in [9.17, 15) is 4.39 Å². The summed E-state index contributed by atoms with van der Waals surface area (Å²) in [6, 6.07) is 5.64. The minimum atomic E-state index is -0.134. The predicted molar refractivity (Wildman–Crippen MR) is 77.8 cm³/mol. The maximum atomic E-state index is 13.3. The van der Waals surface area contributed by atoms with Crippen molar-refractivity contribution in [1.82, 2.24) is 10.2 Å². The van der Waals surface area contributed by atoms with Crippen LogP contribution in [-0.2, 0) is 0 Å². The first kappa shape index (κ1) is 14.5. The van der Waals surface area contributed by atoms with Crippen molar-refractivity contribution < 1.29 is 4.39 Å². The molecule has 1 saturated heterocycles. The zero-order valence-electron chi connectivity index (χ0n) is 12.2. The van der Waals surface area contributed by atoms with Gasteiger partial charge in [-0.2, -0.15) is 0 Å². The molecule has 0 bridgehead atoms. The number of halogens is 1. The summed E-state index contributed by atoms with van der Waals surface area (Å²) in [5.41, 5.74) is 2.36. The second-order valence-electron chi connectivity index (χ2n) is 5.93. The molecule has 0 aromatic heterocycles. The molecule has 0 radical (unpaired) electrons. The highest BCUT2D eigenvalue weighted by atomic mass is 19.1. The molecule has 3 heteroatoms. The summed E-state index contributed by atoms with van der Waals surface area (Å²) in [5, 5.41) is 3.40. The van der Waals surface area contributed by atoms with Crippen LogP contribution in [0.4, 0.5) is 4.39 Å². The van der Waals surface area contributed by atoms with Crippen molar-refractivity contribution in [3.63, 3.8) is 0 Å². The third kappa shape index (κ3) is 3.77. The fourth-order valence-electron chi connectivity index (χ4n) is 2.93. The molecule has 0 unspecified atom stereocenters. The molecule has 1 aromatic rings. The minimum Gasteiger partial charge on any atom is -0.314 e. The summed E-state index contributed by atoms with van der Waals surface area (Å²) < 4.78 is 13.3. The Bertz CT molecular complexity index is 411. The third-order valence-electron chi connectivity index (χ3n) is 3.88. The van der Waals surface area contributed by atoms with E-state index in [4.69, 9.17) is 0 Å². The molecule has 2 rings (SSSR count). The highest BCUT2D eigenvalue weighted by Crippen LogP contribution is 2.30. The van der Waals surface area contributed by atoms with Crippen molar-refractivity contribution in [2.24, 2.45) is 5.92 Å². The molecule has 1 fully saturated rings. The Morgan fingerprint density at radius 3 is 2.53 bits per heavy atom. The van der Waals surface area contributed by atoms with E-state index in [2.05, 4.69) is 24.1 Å². The molecule has 1 aliphatic heterocycles. The predicted octanol–water partition coefficient (Wildman–Crippen LogP) is 3.13. The average molecular weight is 264 g/mol. The molecule has 2 nitrogen and oxygen atoms in total. The fourth-order valence-corrected chi connectivity index (χ4v) is 2.93. The van der Waals surface area contributed by atoms with Crippen molar-refractivity contribution >= 4 is 0 Å². The lowest BCUT2D eigenvalue weighted by Crippen LogP contribution is -2.45. The number of piperazine rings is 1. The second kappa shape index (κ2) is 6.49. The Morgan fingerprint density at radius 2 is 1.95 bits per heavy atom. The maximum Gasteiger partial charge on any atom is 0.123 e. The standard InChI is InChI=1S/C16H25FN2/c1-12(2)10-16(19-8-6-18-7-9-19)15-5-4-14(17)11-13(15)3/h4-5,11-12,16,18H,6-10H2,1-3H3/t16-/m0/s1. The number of rotatable bonds is 4. The number of hydrogen-bond donors (Lipinski definition) is 1. The Labute approximate surface area is 116 Å². The molecule has 1 aliphatic rings. The van der Waals surface area contributed by atoms with E-state index in [1.165, 1.54) is 5.56 Å². The Hall–Kier alpha value is -0.930. The van der Waals surface area contributed by atoms with Crippen LogP contribution >= 0.6 is 0 Å². The summed E-state index contributed by atoms with van der Waals surface area (Å²) >= 11 is 0. The molecule has 1 N–H and O–H groups in total. The van der Waals surface area contributed by atoms with Crippen LogP contribution in [0.3, 0.4) is 0 Å². The van der Waals surface area contributed by atoms with Crippen LogP contribution in [-0.4, -0.2) is 31.1 Å². The van der Waals surface area contributed by atoms with Gasteiger partial charge in [0.25, 0.3) is 0 Å². The molecule has 1 aromatic carbocycles. The zero-order valence-corrected chi connectivity index (χ0v) is 12.2. The van der Waals surface area contributed by atoms with Gasteiger partial charge in [0.05, 0.1) is 0 Å². The Balaban J connectivity index is 2.25. The SMILES string of the molecule is Cc1cc(F)ccc1[C@H](CC(C)C)N1CCNCC1. The maximum absolute atomic E-state index is 13.3. The van der Waals surface area contributed by atoms with E-state index in [0.29, 0.717) is 12.0 Å². The second-order valence-corrected chi connectivity index (χ2v) is 5.93. The first-order chi connectivity index (χ1) is 9.08. The molecule has 0 aliphatic carbocycles. The minimum absolute atomic E-state index is 0.134. The summed E-state index contributed by atoms with van der Waals surface area (Å²) in [6.07, 6.45) is 1.13. The van der Waals surface area contributed by atoms with Gasteiger partial charge in [-0.05, 0) is 42.5 Å². The van der Waals surface area contributed by atoms with Gasteiger partial charge in [0.15, 0.2) is 0 Å². The largest absolute Gasteiger partial charge is 0.314 e. The molecule has 1 heterocycles. The first-order valence-electron chi connectivity index (χ1n) is 7.28. The van der Waals surface area contributed by atoms with Crippen LogP contribution in [0.1, 0.15) is 37.4 Å². The number of hydrogen-bond acceptors (Lipinski definition) is 2. The highest BCUT2D eigenvalue weighted by Gasteiger charge is 2.24. The molecule has 19 heavy (non-hydrogen) atoms. The lowest BCUT2D eigenvalue weighted by Gasteiger charge is -2.37. The van der Waals surface area contributed by atoms with Gasteiger partial charge in [-0.15, -0.1) is 0 Å². The van der Waals surface area contributed by atoms with E-state index in [1.807, 2.05) is 13.0 Å². The summed E-state index contributed by atoms with van der Waals surface area (Å²) in [4.78, 5) is 2.54. The lowest BCUT2D eigenvalue weighted by atomic mass is 9.92. The zero-order chi connectivity index (χ0) is 13.8. The van der Waals surface area contributed by atoms with Crippen molar-refractivity contribution in [2.75, 3.05) is 26.2 Å². The normalized spacial score (nSPS) is 18.8. The van der Waals surface area contributed by atoms with Crippen LogP contribution in [0.5, 0.6) is 0 Å². The average Bonchev–Trinajstić information content (AvgIpc) is 2.37. The van der Waals surface area contributed by atoms with E-state index in [1.54, 1.807) is 12.1 Å². The molecule has 0 saturated carbocycles. The Kier molecular flexibility index (Phi) is 4.94. The van der Waals surface area contributed by atoms with Crippen LogP contribution in [0.25, 0.3) is 0 Å². The number of benzene rings is 1. The highest BCUT2D eigenvalue weighted by molar-refractivity contribution is 5.29. The van der Waals surface area contributed by atoms with Gasteiger partial charge < -0.3 is 5.32 Å². The van der Waals surface area contributed by atoms with Crippen molar-refractivity contribution in [2.45, 2.75) is 33.2 Å². The summed E-state index contributed by atoms with van der Waals surface area (Å²) in [7, 11) is 0. The summed E-state index contributed by atoms with van der Waals surface area (Å²) in [6.45, 7) is 10.8. The topological polar surface area (TPSA) is 15.3 Å². The molecule has 0 amide bonds. The van der Waals surface area contributed by atoms with Crippen LogP contribution in [0.15, 0.2) is 18.2 Å². The third-order valence-corrected chi connectivity index (χ3v) is 3.88. The van der Waals surface area contributed by atoms with E-state index in [0.717, 1.165) is 38.2 Å². The van der Waals surface area contributed by atoms with Crippen molar-refractivity contribution in [1.29, 1.82) is 0 Å². The Morgan fingerprint density at radius 1 is 1.26 bits per heavy atom. The van der Waals surface area contributed by atoms with Crippen molar-refractivity contribution in [3.05, 3.63) is 35.1 Å². The first-order valence-corrected chi connectivity index (χ1v) is 7.28. The smallest absolute Gasteiger partial charge is 0.123 e.